The maximum absolute atomic E-state index is 2.53. The number of hydrogen-bond donors (Lipinski definition) is 0. The Bertz CT molecular complexity index is 1520. The first-order chi connectivity index (χ1) is 18.3. The number of fused-ring (bicyclic) bond motifs is 2. The van der Waals surface area contributed by atoms with Gasteiger partial charge in [-0.05, 0) is 103 Å². The molecule has 0 aliphatic heterocycles. The Morgan fingerprint density at radius 2 is 1.03 bits per heavy atom. The lowest BCUT2D eigenvalue weighted by atomic mass is 9.72. The number of benzene rings is 4. The van der Waals surface area contributed by atoms with Crippen LogP contribution in [0, 0.1) is 33.1 Å². The molecule has 4 aromatic carbocycles. The summed E-state index contributed by atoms with van der Waals surface area (Å²) in [5.41, 5.74) is 19.7. The van der Waals surface area contributed by atoms with Gasteiger partial charge in [0.25, 0.3) is 0 Å². The molecule has 0 fully saturated rings. The van der Waals surface area contributed by atoms with Crippen molar-refractivity contribution in [2.45, 2.75) is 60.8 Å². The minimum atomic E-state index is 0.0376. The molecule has 0 unspecified atom stereocenters. The second-order valence-electron chi connectivity index (χ2n) is 11.8. The smallest absolute Gasteiger partial charge is 0.0103 e. The highest BCUT2D eigenvalue weighted by atomic mass is 14.4. The van der Waals surface area contributed by atoms with Gasteiger partial charge in [0, 0.05) is 5.41 Å². The molecule has 0 amide bonds. The van der Waals surface area contributed by atoms with Crippen LogP contribution >= 0.6 is 0 Å². The maximum atomic E-state index is 2.53. The Morgan fingerprint density at radius 3 is 1.45 bits per heavy atom. The predicted molar refractivity (Wildman–Crippen MR) is 164 cm³/mol. The lowest BCUT2D eigenvalue weighted by Crippen LogP contribution is -2.21. The fourth-order valence-electron chi connectivity index (χ4n) is 6.63. The Hall–Kier alpha value is -3.64. The van der Waals surface area contributed by atoms with Crippen LogP contribution in [0.4, 0.5) is 0 Å². The van der Waals surface area contributed by atoms with Gasteiger partial charge in [-0.25, -0.2) is 0 Å². The van der Waals surface area contributed by atoms with Crippen molar-refractivity contribution in [3.05, 3.63) is 128 Å². The van der Waals surface area contributed by atoms with Crippen molar-refractivity contribution in [1.29, 1.82) is 0 Å². The summed E-state index contributed by atoms with van der Waals surface area (Å²) < 4.78 is 0. The number of aryl methyl sites for hydroxylation is 4. The summed E-state index contributed by atoms with van der Waals surface area (Å²) in [5, 5.41) is 0. The highest BCUT2D eigenvalue weighted by molar-refractivity contribution is 5.85. The third kappa shape index (κ3) is 3.99. The molecule has 2 aliphatic rings. The largest absolute Gasteiger partial charge is 0.0642 e. The van der Waals surface area contributed by atoms with Crippen LogP contribution in [0.2, 0.25) is 0 Å². The zero-order valence-electron chi connectivity index (χ0n) is 23.7. The summed E-state index contributed by atoms with van der Waals surface area (Å²) in [4.78, 5) is 0. The standard InChI is InChI=1S/C38H38/c1-7-38(6,30-20-28-10-8-12-32(36(28)22-30)34-18-24(2)14-16-26(34)4)31-21-29-11-9-13-33(37(29)23-31)35-19-25(3)15-17-27(35)5/h8-19,22-23H,7,20-21H2,1-6H3. The van der Waals surface area contributed by atoms with Gasteiger partial charge in [0.2, 0.25) is 0 Å². The van der Waals surface area contributed by atoms with Crippen LogP contribution in [0.25, 0.3) is 34.4 Å². The second-order valence-corrected chi connectivity index (χ2v) is 11.8. The van der Waals surface area contributed by atoms with Crippen molar-refractivity contribution in [3.63, 3.8) is 0 Å². The molecule has 2 aliphatic carbocycles. The van der Waals surface area contributed by atoms with Crippen molar-refractivity contribution in [3.8, 4) is 22.3 Å². The normalized spacial score (nSPS) is 14.3. The third-order valence-electron chi connectivity index (χ3n) is 9.28. The highest BCUT2D eigenvalue weighted by Gasteiger charge is 2.36. The van der Waals surface area contributed by atoms with E-state index in [2.05, 4.69) is 126 Å². The van der Waals surface area contributed by atoms with Gasteiger partial charge in [-0.1, -0.05) is 121 Å². The van der Waals surface area contributed by atoms with E-state index in [1.54, 1.807) is 11.1 Å². The molecule has 0 spiro atoms. The van der Waals surface area contributed by atoms with Crippen LogP contribution in [0.3, 0.4) is 0 Å². The summed E-state index contributed by atoms with van der Waals surface area (Å²) in [7, 11) is 0. The van der Waals surface area contributed by atoms with Crippen LogP contribution in [0.5, 0.6) is 0 Å². The third-order valence-corrected chi connectivity index (χ3v) is 9.28. The monoisotopic (exact) mass is 494 g/mol. The summed E-state index contributed by atoms with van der Waals surface area (Å²) in [6.45, 7) is 13.7. The molecule has 0 bridgehead atoms. The van der Waals surface area contributed by atoms with Crippen molar-refractivity contribution in [2.75, 3.05) is 0 Å². The second kappa shape index (κ2) is 9.28. The molecular formula is C38H38. The molecule has 190 valence electrons. The minimum absolute atomic E-state index is 0.0376. The fraction of sp³-hybridized carbons (Fsp3) is 0.263. The first kappa shape index (κ1) is 24.7. The Balaban J connectivity index is 1.43. The van der Waals surface area contributed by atoms with Crippen LogP contribution in [-0.4, -0.2) is 0 Å². The molecule has 0 heteroatoms. The van der Waals surface area contributed by atoms with Crippen LogP contribution in [-0.2, 0) is 12.8 Å². The van der Waals surface area contributed by atoms with E-state index in [1.165, 1.54) is 66.8 Å². The molecule has 38 heavy (non-hydrogen) atoms. The van der Waals surface area contributed by atoms with Gasteiger partial charge in [0.1, 0.15) is 0 Å². The zero-order valence-corrected chi connectivity index (χ0v) is 23.7. The zero-order chi connectivity index (χ0) is 26.6. The van der Waals surface area contributed by atoms with E-state index in [1.807, 2.05) is 0 Å². The lowest BCUT2D eigenvalue weighted by molar-refractivity contribution is 0.452. The van der Waals surface area contributed by atoms with E-state index in [0.717, 1.165) is 19.3 Å². The van der Waals surface area contributed by atoms with Crippen LogP contribution in [0.1, 0.15) is 64.8 Å². The van der Waals surface area contributed by atoms with Gasteiger partial charge in [-0.3, -0.25) is 0 Å². The molecular weight excluding hydrogens is 456 g/mol. The maximum Gasteiger partial charge on any atom is 0.0103 e. The molecule has 4 aromatic rings. The van der Waals surface area contributed by atoms with E-state index < -0.39 is 0 Å². The summed E-state index contributed by atoms with van der Waals surface area (Å²) in [6.07, 6.45) is 8.24. The van der Waals surface area contributed by atoms with Crippen molar-refractivity contribution in [2.24, 2.45) is 5.41 Å². The first-order valence-electron chi connectivity index (χ1n) is 14.1. The fourth-order valence-corrected chi connectivity index (χ4v) is 6.63. The summed E-state index contributed by atoms with van der Waals surface area (Å²) >= 11 is 0. The van der Waals surface area contributed by atoms with Gasteiger partial charge in [-0.15, -0.1) is 0 Å². The predicted octanol–water partition coefficient (Wildman–Crippen LogP) is 10.2. The van der Waals surface area contributed by atoms with Gasteiger partial charge in [0.15, 0.2) is 0 Å². The molecule has 0 nitrogen and oxygen atoms in total. The molecule has 0 radical (unpaired) electrons. The topological polar surface area (TPSA) is 0 Å². The van der Waals surface area contributed by atoms with Crippen LogP contribution in [0.15, 0.2) is 83.9 Å². The Morgan fingerprint density at radius 1 is 0.579 bits per heavy atom. The van der Waals surface area contributed by atoms with E-state index in [4.69, 9.17) is 0 Å². The van der Waals surface area contributed by atoms with Crippen LogP contribution < -0.4 is 0 Å². The molecule has 6 rings (SSSR count). The van der Waals surface area contributed by atoms with Gasteiger partial charge in [-0.2, -0.15) is 0 Å². The van der Waals surface area contributed by atoms with E-state index in [9.17, 15) is 0 Å². The van der Waals surface area contributed by atoms with Gasteiger partial charge in [0.05, 0.1) is 0 Å². The highest BCUT2D eigenvalue weighted by Crippen LogP contribution is 2.50. The van der Waals surface area contributed by atoms with Crippen molar-refractivity contribution < 1.29 is 0 Å². The number of allylic oxidation sites excluding steroid dienone is 2. The van der Waals surface area contributed by atoms with Crippen molar-refractivity contribution in [1.82, 2.24) is 0 Å². The average Bonchev–Trinajstić information content (AvgIpc) is 3.56. The molecule has 0 aromatic heterocycles. The minimum Gasteiger partial charge on any atom is -0.0642 e. The van der Waals surface area contributed by atoms with E-state index >= 15 is 0 Å². The SMILES string of the molecule is CCC(C)(C1=Cc2c(cccc2-c2cc(C)ccc2C)C1)C1=Cc2c(cccc2-c2cc(C)ccc2C)C1. The van der Waals surface area contributed by atoms with Crippen molar-refractivity contribution >= 4 is 12.2 Å². The molecule has 0 saturated carbocycles. The molecule has 0 heterocycles. The first-order valence-corrected chi connectivity index (χ1v) is 14.1. The number of rotatable bonds is 5. The molecule has 0 atom stereocenters. The lowest BCUT2D eigenvalue weighted by Gasteiger charge is -2.32. The summed E-state index contributed by atoms with van der Waals surface area (Å²) in [5.74, 6) is 0. The average molecular weight is 495 g/mol. The quantitative estimate of drug-likeness (QED) is 0.259. The van der Waals surface area contributed by atoms with Gasteiger partial charge >= 0.3 is 0 Å². The summed E-state index contributed by atoms with van der Waals surface area (Å²) in [6, 6.07) is 27.4. The Kier molecular flexibility index (Phi) is 6.03. The van der Waals surface area contributed by atoms with Gasteiger partial charge < -0.3 is 0 Å². The molecule has 0 N–H and O–H groups in total. The van der Waals surface area contributed by atoms with E-state index in [-0.39, 0.29) is 5.41 Å². The molecule has 0 saturated heterocycles. The number of hydrogen-bond acceptors (Lipinski definition) is 0. The van der Waals surface area contributed by atoms with E-state index in [0.29, 0.717) is 0 Å². The Labute approximate surface area is 228 Å².